The second-order valence-corrected chi connectivity index (χ2v) is 6.84. The van der Waals surface area contributed by atoms with Crippen molar-refractivity contribution in [2.75, 3.05) is 33.4 Å². The van der Waals surface area contributed by atoms with Crippen LogP contribution in [-0.2, 0) is 14.3 Å². The van der Waals surface area contributed by atoms with Gasteiger partial charge in [0.2, 0.25) is 0 Å². The highest BCUT2D eigenvalue weighted by Crippen LogP contribution is 2.15. The maximum absolute atomic E-state index is 12.1. The zero-order valence-electron chi connectivity index (χ0n) is 16.0. The van der Waals surface area contributed by atoms with Gasteiger partial charge in [-0.15, -0.1) is 0 Å². The van der Waals surface area contributed by atoms with Crippen molar-refractivity contribution < 1.29 is 29.3 Å². The molecular formula is C18H34N2O6. The van der Waals surface area contributed by atoms with E-state index in [0.29, 0.717) is 25.4 Å². The van der Waals surface area contributed by atoms with Gasteiger partial charge in [-0.25, -0.2) is 4.79 Å². The van der Waals surface area contributed by atoms with Crippen molar-refractivity contribution in [1.82, 2.24) is 10.2 Å². The largest absolute Gasteiger partial charge is 0.457 e. The van der Waals surface area contributed by atoms with E-state index in [1.807, 2.05) is 7.05 Å². The van der Waals surface area contributed by atoms with E-state index in [4.69, 9.17) is 19.7 Å². The van der Waals surface area contributed by atoms with Crippen LogP contribution in [0.1, 0.15) is 51.9 Å². The zero-order valence-corrected chi connectivity index (χ0v) is 16.0. The third kappa shape index (κ3) is 8.82. The van der Waals surface area contributed by atoms with Gasteiger partial charge in [-0.05, 0) is 39.3 Å². The molecule has 0 spiro atoms. The summed E-state index contributed by atoms with van der Waals surface area (Å²) in [6.45, 7) is 2.82. The lowest BCUT2D eigenvalue weighted by Gasteiger charge is -2.22. The predicted molar refractivity (Wildman–Crippen MR) is 96.7 cm³/mol. The molecule has 0 aromatic carbocycles. The summed E-state index contributed by atoms with van der Waals surface area (Å²) >= 11 is 0. The number of esters is 1. The molecule has 0 aliphatic carbocycles. The molecule has 3 N–H and O–H groups in total. The molecule has 1 amide bonds. The van der Waals surface area contributed by atoms with Crippen molar-refractivity contribution in [2.45, 2.75) is 70.1 Å². The molecule has 2 unspecified atom stereocenters. The number of likely N-dealkylation sites (N-methyl/N-ethyl adjacent to an activating group) is 1. The van der Waals surface area contributed by atoms with E-state index in [0.717, 1.165) is 32.2 Å². The van der Waals surface area contributed by atoms with Crippen LogP contribution in [0.4, 0.5) is 4.79 Å². The minimum absolute atomic E-state index is 0.0729. The molecule has 0 aromatic rings. The summed E-state index contributed by atoms with van der Waals surface area (Å²) in [4.78, 5) is 26.1. The number of likely N-dealkylation sites (tertiary alicyclic amines) is 1. The molecule has 1 rings (SSSR count). The lowest BCUT2D eigenvalue weighted by molar-refractivity contribution is -0.154. The van der Waals surface area contributed by atoms with E-state index < -0.39 is 31.4 Å². The van der Waals surface area contributed by atoms with Gasteiger partial charge in [0.1, 0.15) is 12.2 Å². The van der Waals surface area contributed by atoms with Crippen molar-refractivity contribution in [2.24, 2.45) is 0 Å². The third-order valence-corrected chi connectivity index (χ3v) is 4.68. The van der Waals surface area contributed by atoms with Gasteiger partial charge in [0.05, 0.1) is 13.2 Å². The van der Waals surface area contributed by atoms with Gasteiger partial charge in [0, 0.05) is 19.0 Å². The number of hydrogen-bond donors (Lipinski definition) is 3. The predicted octanol–water partition coefficient (Wildman–Crippen LogP) is 1.04. The molecule has 1 heterocycles. The fraction of sp³-hybridized carbons (Fsp3) is 0.889. The highest BCUT2D eigenvalue weighted by molar-refractivity contribution is 5.70. The van der Waals surface area contributed by atoms with Gasteiger partial charge in [0.15, 0.2) is 0 Å². The third-order valence-electron chi connectivity index (χ3n) is 4.68. The average Bonchev–Trinajstić information content (AvgIpc) is 3.05. The minimum atomic E-state index is -0.899. The first kappa shape index (κ1) is 22.7. The molecule has 0 radical (unpaired) electrons. The zero-order chi connectivity index (χ0) is 19.4. The molecule has 0 bridgehead atoms. The second-order valence-electron chi connectivity index (χ2n) is 6.84. The lowest BCUT2D eigenvalue weighted by atomic mass is 10.1. The number of hydrogen-bond acceptors (Lipinski definition) is 7. The fourth-order valence-electron chi connectivity index (χ4n) is 2.98. The Kier molecular flexibility index (Phi) is 11.2. The smallest absolute Gasteiger partial charge is 0.407 e. The number of aliphatic hydroxyl groups excluding tert-OH is 2. The number of ether oxygens (including phenoxy) is 2. The van der Waals surface area contributed by atoms with Crippen molar-refractivity contribution in [1.29, 1.82) is 0 Å². The Morgan fingerprint density at radius 3 is 2.50 bits per heavy atom. The number of aliphatic hydroxyl groups is 2. The van der Waals surface area contributed by atoms with Crippen molar-refractivity contribution >= 4 is 12.1 Å². The summed E-state index contributed by atoms with van der Waals surface area (Å²) in [6, 6.07) is 0.348. The minimum Gasteiger partial charge on any atom is -0.457 e. The fourth-order valence-corrected chi connectivity index (χ4v) is 2.98. The van der Waals surface area contributed by atoms with Crippen LogP contribution in [0, 0.1) is 0 Å². The summed E-state index contributed by atoms with van der Waals surface area (Å²) < 4.78 is 10.4. The molecule has 152 valence electrons. The monoisotopic (exact) mass is 374 g/mol. The number of unbranched alkanes of at least 4 members (excludes halogenated alkanes) is 1. The van der Waals surface area contributed by atoms with Crippen LogP contribution in [-0.4, -0.2) is 78.8 Å². The van der Waals surface area contributed by atoms with Crippen LogP contribution < -0.4 is 5.32 Å². The molecule has 0 saturated carbocycles. The second kappa shape index (κ2) is 12.9. The normalized spacial score (nSPS) is 18.7. The Bertz CT molecular complexity index is 416. The molecule has 1 aliphatic heterocycles. The number of carbonyl (C=O) groups excluding carboxylic acids is 2. The Morgan fingerprint density at radius 1 is 1.19 bits per heavy atom. The molecule has 8 nitrogen and oxygen atoms in total. The molecule has 1 aliphatic rings. The van der Waals surface area contributed by atoms with E-state index in [1.54, 1.807) is 0 Å². The van der Waals surface area contributed by atoms with Crippen molar-refractivity contribution in [3.63, 3.8) is 0 Å². The highest BCUT2D eigenvalue weighted by atomic mass is 16.6. The summed E-state index contributed by atoms with van der Waals surface area (Å²) in [7, 11) is 2.05. The van der Waals surface area contributed by atoms with E-state index in [9.17, 15) is 9.59 Å². The van der Waals surface area contributed by atoms with Crippen LogP contribution in [0.3, 0.4) is 0 Å². The average molecular weight is 374 g/mol. The highest BCUT2D eigenvalue weighted by Gasteiger charge is 2.23. The number of alkyl carbamates (subject to hydrolysis) is 1. The Labute approximate surface area is 155 Å². The number of nitrogens with zero attached hydrogens (tertiary/aromatic N) is 1. The SMILES string of the molecule is CCCCC(CCC(=O)OC(CO)CO)OC(=O)NCC1CCCN1C. The number of carbonyl (C=O) groups is 2. The van der Waals surface area contributed by atoms with Gasteiger partial charge in [-0.3, -0.25) is 4.79 Å². The van der Waals surface area contributed by atoms with Crippen LogP contribution in [0.25, 0.3) is 0 Å². The van der Waals surface area contributed by atoms with Crippen molar-refractivity contribution in [3.8, 4) is 0 Å². The summed E-state index contributed by atoms with van der Waals surface area (Å²) in [5.41, 5.74) is 0. The molecule has 1 fully saturated rings. The van der Waals surface area contributed by atoms with E-state index >= 15 is 0 Å². The van der Waals surface area contributed by atoms with E-state index in [1.165, 1.54) is 0 Å². The van der Waals surface area contributed by atoms with Crippen LogP contribution in [0.5, 0.6) is 0 Å². The maximum atomic E-state index is 12.1. The van der Waals surface area contributed by atoms with Gasteiger partial charge < -0.3 is 29.9 Å². The Balaban J connectivity index is 2.36. The van der Waals surface area contributed by atoms with Gasteiger partial charge >= 0.3 is 12.1 Å². The first-order chi connectivity index (χ1) is 12.5. The van der Waals surface area contributed by atoms with E-state index in [-0.39, 0.29) is 12.5 Å². The standard InChI is InChI=1S/C18H34N2O6/c1-3-4-7-15(8-9-17(23)25-16(12-21)13-22)26-18(24)19-11-14-6-5-10-20(14)2/h14-16,21-22H,3-13H2,1-2H3,(H,19,24). The quantitative estimate of drug-likeness (QED) is 0.438. The summed E-state index contributed by atoms with van der Waals surface area (Å²) in [5, 5.41) is 20.7. The van der Waals surface area contributed by atoms with E-state index in [2.05, 4.69) is 17.1 Å². The molecule has 1 saturated heterocycles. The first-order valence-electron chi connectivity index (χ1n) is 9.56. The summed E-state index contributed by atoms with van der Waals surface area (Å²) in [6.07, 6.45) is 3.48. The molecule has 0 aromatic heterocycles. The molecule has 26 heavy (non-hydrogen) atoms. The van der Waals surface area contributed by atoms with Crippen molar-refractivity contribution in [3.05, 3.63) is 0 Å². The summed E-state index contributed by atoms with van der Waals surface area (Å²) in [5.74, 6) is -0.517. The Hall–Kier alpha value is -1.38. The number of rotatable bonds is 12. The first-order valence-corrected chi connectivity index (χ1v) is 9.56. The molecular weight excluding hydrogens is 340 g/mol. The molecule has 8 heteroatoms. The maximum Gasteiger partial charge on any atom is 0.407 e. The van der Waals surface area contributed by atoms with Crippen LogP contribution in [0.15, 0.2) is 0 Å². The number of amides is 1. The Morgan fingerprint density at radius 2 is 1.92 bits per heavy atom. The van der Waals surface area contributed by atoms with Gasteiger partial charge in [0.25, 0.3) is 0 Å². The van der Waals surface area contributed by atoms with Crippen LogP contribution in [0.2, 0.25) is 0 Å². The topological polar surface area (TPSA) is 108 Å². The van der Waals surface area contributed by atoms with Gasteiger partial charge in [-0.1, -0.05) is 19.8 Å². The number of nitrogens with one attached hydrogen (secondary N) is 1. The molecule has 2 atom stereocenters. The van der Waals surface area contributed by atoms with Gasteiger partial charge in [-0.2, -0.15) is 0 Å². The van der Waals surface area contributed by atoms with Crippen LogP contribution >= 0.6 is 0 Å². The lowest BCUT2D eigenvalue weighted by Crippen LogP contribution is -2.39.